The highest BCUT2D eigenvalue weighted by Gasteiger charge is 2.37. The van der Waals surface area contributed by atoms with E-state index in [0.717, 1.165) is 18.4 Å². The predicted octanol–water partition coefficient (Wildman–Crippen LogP) is 2.89. The van der Waals surface area contributed by atoms with Gasteiger partial charge < -0.3 is 5.11 Å². The Bertz CT molecular complexity index is 263. The van der Waals surface area contributed by atoms with Gasteiger partial charge in [0, 0.05) is 18.5 Å². The highest BCUT2D eigenvalue weighted by Crippen LogP contribution is 2.39. The Balaban J connectivity index is 1.92. The Hall–Kier alpha value is -0.570. The molecule has 3 heteroatoms. The van der Waals surface area contributed by atoms with Crippen LogP contribution in [0.1, 0.15) is 58.3 Å². The topological polar surface area (TPSA) is 40.5 Å². The van der Waals surface area contributed by atoms with Gasteiger partial charge in [0.2, 0.25) is 0 Å². The summed E-state index contributed by atoms with van der Waals surface area (Å²) in [5.41, 5.74) is 0. The number of carbonyl (C=O) groups is 1. The van der Waals surface area contributed by atoms with Crippen molar-refractivity contribution < 1.29 is 9.90 Å². The van der Waals surface area contributed by atoms with E-state index in [1.165, 1.54) is 45.1 Å². The summed E-state index contributed by atoms with van der Waals surface area (Å²) in [6.07, 6.45) is 8.97. The molecule has 0 aromatic rings. The van der Waals surface area contributed by atoms with Gasteiger partial charge in [-0.15, -0.1) is 0 Å². The van der Waals surface area contributed by atoms with Crippen LogP contribution in [0.2, 0.25) is 0 Å². The zero-order valence-electron chi connectivity index (χ0n) is 10.9. The van der Waals surface area contributed by atoms with Crippen LogP contribution in [-0.2, 0) is 4.79 Å². The second kappa shape index (κ2) is 5.85. The number of carboxylic acid groups (broad SMARTS) is 1. The van der Waals surface area contributed by atoms with Crippen molar-refractivity contribution in [3.05, 3.63) is 0 Å². The van der Waals surface area contributed by atoms with E-state index in [1.807, 2.05) is 0 Å². The molecule has 98 valence electrons. The lowest BCUT2D eigenvalue weighted by Crippen LogP contribution is -2.47. The maximum Gasteiger partial charge on any atom is 0.303 e. The summed E-state index contributed by atoms with van der Waals surface area (Å²) in [6, 6.07) is 1.26. The number of nitrogens with zero attached hydrogens (tertiary/aromatic N) is 1. The fourth-order valence-electron chi connectivity index (χ4n) is 3.38. The molecule has 3 nitrogen and oxygen atoms in total. The van der Waals surface area contributed by atoms with Crippen LogP contribution < -0.4 is 0 Å². The lowest BCUT2D eigenvalue weighted by atomic mass is 9.93. The maximum atomic E-state index is 10.7. The number of hydrogen-bond acceptors (Lipinski definition) is 2. The molecule has 0 aromatic carbocycles. The molecule has 1 saturated heterocycles. The molecule has 0 bridgehead atoms. The van der Waals surface area contributed by atoms with Crippen LogP contribution in [0.3, 0.4) is 0 Å². The van der Waals surface area contributed by atoms with E-state index in [2.05, 4.69) is 11.8 Å². The summed E-state index contributed by atoms with van der Waals surface area (Å²) in [6.45, 7) is 3.48. The van der Waals surface area contributed by atoms with Crippen molar-refractivity contribution >= 4 is 5.97 Å². The van der Waals surface area contributed by atoms with Crippen LogP contribution in [0.25, 0.3) is 0 Å². The van der Waals surface area contributed by atoms with Crippen LogP contribution >= 0.6 is 0 Å². The Morgan fingerprint density at radius 3 is 2.71 bits per heavy atom. The van der Waals surface area contributed by atoms with Gasteiger partial charge in [-0.2, -0.15) is 0 Å². The van der Waals surface area contributed by atoms with E-state index < -0.39 is 5.97 Å². The van der Waals surface area contributed by atoms with Crippen molar-refractivity contribution in [2.75, 3.05) is 6.54 Å². The van der Waals surface area contributed by atoms with Gasteiger partial charge in [-0.1, -0.05) is 13.3 Å². The van der Waals surface area contributed by atoms with Gasteiger partial charge in [0.25, 0.3) is 0 Å². The minimum atomic E-state index is -0.644. The summed E-state index contributed by atoms with van der Waals surface area (Å²) in [4.78, 5) is 13.4. The average Bonchev–Trinajstić information content (AvgIpc) is 3.13. The Morgan fingerprint density at radius 2 is 2.12 bits per heavy atom. The molecule has 2 aliphatic rings. The molecule has 0 radical (unpaired) electrons. The third kappa shape index (κ3) is 3.44. The maximum absolute atomic E-state index is 10.7. The lowest BCUT2D eigenvalue weighted by molar-refractivity contribution is -0.137. The monoisotopic (exact) mass is 239 g/mol. The van der Waals surface area contributed by atoms with Gasteiger partial charge in [-0.25, -0.2) is 0 Å². The van der Waals surface area contributed by atoms with Crippen LogP contribution in [0.4, 0.5) is 0 Å². The molecule has 2 atom stereocenters. The molecule has 0 aromatic heterocycles. The number of hydrogen-bond donors (Lipinski definition) is 1. The van der Waals surface area contributed by atoms with Gasteiger partial charge in [0.05, 0.1) is 0 Å². The predicted molar refractivity (Wildman–Crippen MR) is 68.0 cm³/mol. The SMILES string of the molecule is CCC(C1CC1)N1CCCCC1CCC(=O)O. The molecule has 1 aliphatic heterocycles. The largest absolute Gasteiger partial charge is 0.481 e. The molecule has 1 saturated carbocycles. The van der Waals surface area contributed by atoms with E-state index in [0.29, 0.717) is 12.5 Å². The zero-order chi connectivity index (χ0) is 12.3. The molecule has 17 heavy (non-hydrogen) atoms. The first-order valence-electron chi connectivity index (χ1n) is 7.20. The second-order valence-corrected chi connectivity index (χ2v) is 5.63. The molecule has 2 unspecified atom stereocenters. The third-order valence-electron chi connectivity index (χ3n) is 4.37. The Labute approximate surface area is 104 Å². The van der Waals surface area contributed by atoms with Gasteiger partial charge in [0.1, 0.15) is 0 Å². The Morgan fingerprint density at radius 1 is 1.35 bits per heavy atom. The first-order chi connectivity index (χ1) is 8.22. The van der Waals surface area contributed by atoms with Crippen molar-refractivity contribution in [1.29, 1.82) is 0 Å². The summed E-state index contributed by atoms with van der Waals surface area (Å²) in [5.74, 6) is 0.264. The smallest absolute Gasteiger partial charge is 0.303 e. The van der Waals surface area contributed by atoms with Crippen LogP contribution in [-0.4, -0.2) is 34.6 Å². The van der Waals surface area contributed by atoms with Crippen LogP contribution in [0.5, 0.6) is 0 Å². The highest BCUT2D eigenvalue weighted by molar-refractivity contribution is 5.66. The van der Waals surface area contributed by atoms with Gasteiger partial charge in [-0.3, -0.25) is 9.69 Å². The Kier molecular flexibility index (Phi) is 4.43. The van der Waals surface area contributed by atoms with Crippen LogP contribution in [0, 0.1) is 5.92 Å². The molecular formula is C14H25NO2. The minimum Gasteiger partial charge on any atom is -0.481 e. The van der Waals surface area contributed by atoms with E-state index in [9.17, 15) is 4.79 Å². The first kappa shape index (κ1) is 12.9. The summed E-state index contributed by atoms with van der Waals surface area (Å²) in [7, 11) is 0. The fraction of sp³-hybridized carbons (Fsp3) is 0.929. The second-order valence-electron chi connectivity index (χ2n) is 5.63. The van der Waals surface area contributed by atoms with Gasteiger partial charge >= 0.3 is 5.97 Å². The molecule has 1 aliphatic carbocycles. The van der Waals surface area contributed by atoms with Crippen molar-refractivity contribution in [3.8, 4) is 0 Å². The number of likely N-dealkylation sites (tertiary alicyclic amines) is 1. The number of carboxylic acids is 1. The fourth-order valence-corrected chi connectivity index (χ4v) is 3.38. The molecule has 2 rings (SSSR count). The molecule has 1 heterocycles. The summed E-state index contributed by atoms with van der Waals surface area (Å²) < 4.78 is 0. The standard InChI is InChI=1S/C14H25NO2/c1-2-13(11-6-7-11)15-10-4-3-5-12(15)8-9-14(16)17/h11-13H,2-10H2,1H3,(H,16,17). The quantitative estimate of drug-likeness (QED) is 0.774. The highest BCUT2D eigenvalue weighted by atomic mass is 16.4. The molecular weight excluding hydrogens is 214 g/mol. The van der Waals surface area contributed by atoms with Crippen molar-refractivity contribution in [2.45, 2.75) is 70.4 Å². The number of aliphatic carboxylic acids is 1. The van der Waals surface area contributed by atoms with E-state index in [-0.39, 0.29) is 0 Å². The van der Waals surface area contributed by atoms with Crippen molar-refractivity contribution in [1.82, 2.24) is 4.90 Å². The van der Waals surface area contributed by atoms with Gasteiger partial charge in [0.15, 0.2) is 0 Å². The first-order valence-corrected chi connectivity index (χ1v) is 7.20. The third-order valence-corrected chi connectivity index (χ3v) is 4.37. The zero-order valence-corrected chi connectivity index (χ0v) is 10.9. The molecule has 1 N–H and O–H groups in total. The average molecular weight is 239 g/mol. The molecule has 0 amide bonds. The van der Waals surface area contributed by atoms with Gasteiger partial charge in [-0.05, 0) is 51.0 Å². The lowest BCUT2D eigenvalue weighted by Gasteiger charge is -2.41. The van der Waals surface area contributed by atoms with E-state index in [1.54, 1.807) is 0 Å². The number of rotatable bonds is 6. The van der Waals surface area contributed by atoms with E-state index >= 15 is 0 Å². The minimum absolute atomic E-state index is 0.336. The molecule has 0 spiro atoms. The normalized spacial score (nSPS) is 27.9. The summed E-state index contributed by atoms with van der Waals surface area (Å²) in [5, 5.41) is 8.83. The van der Waals surface area contributed by atoms with Crippen molar-refractivity contribution in [2.24, 2.45) is 5.92 Å². The number of piperidine rings is 1. The van der Waals surface area contributed by atoms with Crippen LogP contribution in [0.15, 0.2) is 0 Å². The van der Waals surface area contributed by atoms with Crippen molar-refractivity contribution in [3.63, 3.8) is 0 Å². The van der Waals surface area contributed by atoms with E-state index in [4.69, 9.17) is 5.11 Å². The summed E-state index contributed by atoms with van der Waals surface area (Å²) >= 11 is 0. The molecule has 2 fully saturated rings.